The fraction of sp³-hybridized carbons (Fsp3) is 0.150. The Hall–Kier alpha value is -3.12. The van der Waals surface area contributed by atoms with Gasteiger partial charge in [-0.05, 0) is 48.5 Å². The van der Waals surface area contributed by atoms with Crippen LogP contribution in [0.25, 0.3) is 0 Å². The molecular formula is C20H15BrF3N5. The van der Waals surface area contributed by atoms with Crippen molar-refractivity contribution in [3.8, 4) is 6.07 Å². The van der Waals surface area contributed by atoms with Crippen LogP contribution in [-0.2, 0) is 6.18 Å². The quantitative estimate of drug-likeness (QED) is 0.501. The van der Waals surface area contributed by atoms with Gasteiger partial charge in [0.2, 0.25) is 5.95 Å². The van der Waals surface area contributed by atoms with E-state index in [1.807, 2.05) is 6.07 Å². The average molecular weight is 462 g/mol. The Labute approximate surface area is 174 Å². The Bertz CT molecular complexity index is 1040. The molecule has 0 atom stereocenters. The maximum atomic E-state index is 13.6. The predicted octanol–water partition coefficient (Wildman–Crippen LogP) is 5.67. The molecule has 1 aromatic heterocycles. The molecule has 0 aliphatic heterocycles. The van der Waals surface area contributed by atoms with Crippen molar-refractivity contribution in [1.29, 1.82) is 5.26 Å². The Balaban J connectivity index is 2.05. The number of benzene rings is 2. The molecule has 2 aromatic carbocycles. The van der Waals surface area contributed by atoms with Crippen molar-refractivity contribution in [2.75, 3.05) is 23.9 Å². The van der Waals surface area contributed by atoms with Crippen LogP contribution in [-0.4, -0.2) is 24.1 Å². The highest BCUT2D eigenvalue weighted by Crippen LogP contribution is 2.38. The molecule has 1 heterocycles. The molecule has 0 N–H and O–H groups in total. The van der Waals surface area contributed by atoms with Crippen molar-refractivity contribution >= 4 is 39.1 Å². The molecule has 9 heteroatoms. The van der Waals surface area contributed by atoms with Crippen molar-refractivity contribution in [3.63, 3.8) is 0 Å². The van der Waals surface area contributed by atoms with Gasteiger partial charge in [-0.15, -0.1) is 0 Å². The van der Waals surface area contributed by atoms with Gasteiger partial charge in [-0.1, -0.05) is 15.9 Å². The van der Waals surface area contributed by atoms with E-state index in [0.29, 0.717) is 16.9 Å². The standard InChI is InChI=1S/C20H15BrF3N5/c1-28(15-9-5-14(21)6-10-15)18-17(20(22,23)24)12-26-19(27-18)29(2)16-7-3-13(11-25)4-8-16/h3-10,12H,1-2H3. The van der Waals surface area contributed by atoms with Gasteiger partial charge in [0.15, 0.2) is 5.82 Å². The first kappa shape index (κ1) is 20.6. The second-order valence-electron chi connectivity index (χ2n) is 6.16. The third-order valence-electron chi connectivity index (χ3n) is 4.28. The molecule has 0 bridgehead atoms. The van der Waals surface area contributed by atoms with Gasteiger partial charge in [-0.2, -0.15) is 23.4 Å². The lowest BCUT2D eigenvalue weighted by Gasteiger charge is -2.25. The summed E-state index contributed by atoms with van der Waals surface area (Å²) >= 11 is 3.31. The first-order valence-corrected chi connectivity index (χ1v) is 9.17. The SMILES string of the molecule is CN(c1ccc(C#N)cc1)c1ncc(C(F)(F)F)c(N(C)c2ccc(Br)cc2)n1. The second-order valence-corrected chi connectivity index (χ2v) is 7.07. The number of alkyl halides is 3. The topological polar surface area (TPSA) is 56.1 Å². The summed E-state index contributed by atoms with van der Waals surface area (Å²) in [6, 6.07) is 15.5. The molecule has 0 radical (unpaired) electrons. The summed E-state index contributed by atoms with van der Waals surface area (Å²) in [5.41, 5.74) is 0.733. The molecule has 148 valence electrons. The minimum absolute atomic E-state index is 0.0988. The zero-order chi connectivity index (χ0) is 21.2. The maximum Gasteiger partial charge on any atom is 0.421 e. The van der Waals surface area contributed by atoms with Gasteiger partial charge in [0.25, 0.3) is 0 Å². The Morgan fingerprint density at radius 3 is 2.03 bits per heavy atom. The lowest BCUT2D eigenvalue weighted by atomic mass is 10.2. The van der Waals surface area contributed by atoms with Gasteiger partial charge in [-0.3, -0.25) is 0 Å². The third-order valence-corrected chi connectivity index (χ3v) is 4.81. The van der Waals surface area contributed by atoms with Crippen LogP contribution in [0, 0.1) is 11.3 Å². The number of hydrogen-bond acceptors (Lipinski definition) is 5. The molecular weight excluding hydrogens is 447 g/mol. The molecule has 29 heavy (non-hydrogen) atoms. The predicted molar refractivity (Wildman–Crippen MR) is 108 cm³/mol. The molecule has 0 aliphatic carbocycles. The van der Waals surface area contributed by atoms with Gasteiger partial charge >= 0.3 is 6.18 Å². The summed E-state index contributed by atoms with van der Waals surface area (Å²) < 4.78 is 41.5. The number of rotatable bonds is 4. The number of anilines is 4. The minimum Gasteiger partial charge on any atom is -0.329 e. The van der Waals surface area contributed by atoms with E-state index in [1.165, 1.54) is 11.9 Å². The highest BCUT2D eigenvalue weighted by Gasteiger charge is 2.37. The van der Waals surface area contributed by atoms with Gasteiger partial charge in [0, 0.05) is 36.1 Å². The number of hydrogen-bond donors (Lipinski definition) is 0. The normalized spacial score (nSPS) is 11.1. The number of nitrogens with zero attached hydrogens (tertiary/aromatic N) is 5. The molecule has 5 nitrogen and oxygen atoms in total. The minimum atomic E-state index is -4.61. The highest BCUT2D eigenvalue weighted by atomic mass is 79.9. The maximum absolute atomic E-state index is 13.6. The molecule has 0 fully saturated rings. The van der Waals surface area contributed by atoms with E-state index in [1.54, 1.807) is 60.5 Å². The molecule has 0 saturated carbocycles. The van der Waals surface area contributed by atoms with E-state index >= 15 is 0 Å². The highest BCUT2D eigenvalue weighted by molar-refractivity contribution is 9.10. The van der Waals surface area contributed by atoms with Crippen LogP contribution in [0.1, 0.15) is 11.1 Å². The van der Waals surface area contributed by atoms with Crippen LogP contribution in [0.15, 0.2) is 59.2 Å². The van der Waals surface area contributed by atoms with E-state index in [4.69, 9.17) is 5.26 Å². The largest absolute Gasteiger partial charge is 0.421 e. The van der Waals surface area contributed by atoms with Crippen molar-refractivity contribution in [3.05, 3.63) is 70.3 Å². The fourth-order valence-corrected chi connectivity index (χ4v) is 2.91. The van der Waals surface area contributed by atoms with Gasteiger partial charge in [-0.25, -0.2) is 4.98 Å². The summed E-state index contributed by atoms with van der Waals surface area (Å²) in [7, 11) is 3.17. The zero-order valence-electron chi connectivity index (χ0n) is 15.4. The first-order valence-electron chi connectivity index (χ1n) is 8.38. The average Bonchev–Trinajstić information content (AvgIpc) is 2.72. The van der Waals surface area contributed by atoms with Crippen molar-refractivity contribution in [2.24, 2.45) is 0 Å². The second kappa shape index (κ2) is 8.09. The molecule has 0 spiro atoms. The Morgan fingerprint density at radius 1 is 0.931 bits per heavy atom. The zero-order valence-corrected chi connectivity index (χ0v) is 17.0. The summed E-state index contributed by atoms with van der Waals surface area (Å²) in [5, 5.41) is 8.91. The summed E-state index contributed by atoms with van der Waals surface area (Å²) in [6.45, 7) is 0. The van der Waals surface area contributed by atoms with Crippen LogP contribution in [0.2, 0.25) is 0 Å². The molecule has 0 amide bonds. The van der Waals surface area contributed by atoms with Crippen molar-refractivity contribution < 1.29 is 13.2 Å². The third kappa shape index (κ3) is 4.49. The van der Waals surface area contributed by atoms with Gasteiger partial charge in [0.05, 0.1) is 11.6 Å². The lowest BCUT2D eigenvalue weighted by molar-refractivity contribution is -0.137. The Kier molecular flexibility index (Phi) is 5.75. The number of nitriles is 1. The first-order chi connectivity index (χ1) is 13.7. The fourth-order valence-electron chi connectivity index (χ4n) is 2.64. The number of halogens is 4. The van der Waals surface area contributed by atoms with Crippen LogP contribution < -0.4 is 9.80 Å². The van der Waals surface area contributed by atoms with Gasteiger partial charge < -0.3 is 9.80 Å². The Morgan fingerprint density at radius 2 is 1.48 bits per heavy atom. The van der Waals surface area contributed by atoms with E-state index in [9.17, 15) is 13.2 Å². The number of aromatic nitrogens is 2. The van der Waals surface area contributed by atoms with Crippen molar-refractivity contribution in [1.82, 2.24) is 9.97 Å². The molecule has 0 aliphatic rings. The van der Waals surface area contributed by atoms with Crippen LogP contribution in [0.3, 0.4) is 0 Å². The summed E-state index contributed by atoms with van der Waals surface area (Å²) in [6.07, 6.45) is -3.82. The van der Waals surface area contributed by atoms with E-state index < -0.39 is 11.7 Å². The van der Waals surface area contributed by atoms with Crippen LogP contribution in [0.4, 0.5) is 36.3 Å². The van der Waals surface area contributed by atoms with Crippen LogP contribution in [0.5, 0.6) is 0 Å². The van der Waals surface area contributed by atoms with Crippen LogP contribution >= 0.6 is 15.9 Å². The summed E-state index contributed by atoms with van der Waals surface area (Å²) in [4.78, 5) is 11.0. The molecule has 3 aromatic rings. The monoisotopic (exact) mass is 461 g/mol. The molecule has 3 rings (SSSR count). The lowest BCUT2D eigenvalue weighted by Crippen LogP contribution is -2.21. The van der Waals surface area contributed by atoms with Gasteiger partial charge in [0.1, 0.15) is 5.56 Å². The van der Waals surface area contributed by atoms with Crippen molar-refractivity contribution in [2.45, 2.75) is 6.18 Å². The van der Waals surface area contributed by atoms with E-state index in [2.05, 4.69) is 25.9 Å². The molecule has 0 unspecified atom stereocenters. The smallest absolute Gasteiger partial charge is 0.329 e. The summed E-state index contributed by atoms with van der Waals surface area (Å²) in [5.74, 6) is -0.160. The molecule has 0 saturated heterocycles. The van der Waals surface area contributed by atoms with E-state index in [0.717, 1.165) is 10.7 Å². The van der Waals surface area contributed by atoms with E-state index in [-0.39, 0.29) is 11.8 Å².